The molecule has 0 aromatic carbocycles. The molecule has 0 heterocycles. The lowest BCUT2D eigenvalue weighted by atomic mass is 10.2. The van der Waals surface area contributed by atoms with Crippen LogP contribution in [0.1, 0.15) is 34.6 Å². The monoisotopic (exact) mass is 218 g/mol. The van der Waals surface area contributed by atoms with Gasteiger partial charge >= 0.3 is 5.97 Å². The molecule has 0 bridgehead atoms. The summed E-state index contributed by atoms with van der Waals surface area (Å²) in [6, 6.07) is 0. The molecule has 2 nitrogen and oxygen atoms in total. The van der Waals surface area contributed by atoms with Gasteiger partial charge in [0, 0.05) is 0 Å². The van der Waals surface area contributed by atoms with Crippen molar-refractivity contribution in [3.8, 4) is 0 Å². The van der Waals surface area contributed by atoms with Crippen molar-refractivity contribution in [1.82, 2.24) is 0 Å². The normalized spacial score (nSPS) is 9.31. The van der Waals surface area contributed by atoms with Crippen LogP contribution in [0.5, 0.6) is 0 Å². The minimum absolute atomic E-state index is 0.214. The van der Waals surface area contributed by atoms with Crippen LogP contribution in [0.3, 0.4) is 0 Å². The van der Waals surface area contributed by atoms with E-state index >= 15 is 0 Å². The van der Waals surface area contributed by atoms with E-state index in [1.165, 1.54) is 6.92 Å². The van der Waals surface area contributed by atoms with Crippen LogP contribution in [-0.4, -0.2) is 11.1 Å². The van der Waals surface area contributed by atoms with Gasteiger partial charge in [-0.3, -0.25) is 0 Å². The molecule has 86 valence electrons. The first-order valence-corrected chi connectivity index (χ1v) is 5.09. The van der Waals surface area contributed by atoms with Crippen molar-refractivity contribution < 1.29 is 9.90 Å². The molecule has 0 fully saturated rings. The summed E-state index contributed by atoms with van der Waals surface area (Å²) in [6.07, 6.45) is 3.72. The van der Waals surface area contributed by atoms with Gasteiger partial charge in [-0.05, 0) is 51.3 Å². The second-order valence-electron chi connectivity index (χ2n) is 3.88. The van der Waals surface area contributed by atoms with Crippen LogP contribution in [0.25, 0.3) is 0 Å². The van der Waals surface area contributed by atoms with E-state index in [9.17, 15) is 4.79 Å². The number of hydrogen-bond donors (Lipinski definition) is 1. The van der Waals surface area contributed by atoms with Crippen LogP contribution in [0.2, 0.25) is 0 Å². The molecule has 0 aliphatic rings. The Balaban J connectivity index is 5.04. The minimum Gasteiger partial charge on any atom is -0.477 e. The summed E-state index contributed by atoms with van der Waals surface area (Å²) in [5.74, 6) is -0.940. The molecule has 0 amide bonds. The van der Waals surface area contributed by atoms with E-state index in [-0.39, 0.29) is 5.57 Å². The van der Waals surface area contributed by atoms with E-state index in [0.717, 1.165) is 16.7 Å². The summed E-state index contributed by atoms with van der Waals surface area (Å²) < 4.78 is 0. The zero-order valence-corrected chi connectivity index (χ0v) is 10.5. The van der Waals surface area contributed by atoms with Gasteiger partial charge in [-0.1, -0.05) is 12.2 Å². The second kappa shape index (κ2) is 6.68. The second-order valence-corrected chi connectivity index (χ2v) is 3.88. The summed E-state index contributed by atoms with van der Waals surface area (Å²) >= 11 is 0. The number of aliphatic carboxylic acids is 1. The highest BCUT2D eigenvalue weighted by molar-refractivity contribution is 5.85. The lowest BCUT2D eigenvalue weighted by Gasteiger charge is -1.90. The number of carbonyl (C=O) groups is 1. The van der Waals surface area contributed by atoms with Gasteiger partial charge in [0.05, 0.1) is 5.57 Å². The molecular weight excluding hydrogens is 200 g/mol. The zero-order valence-electron chi connectivity index (χ0n) is 10.5. The van der Waals surface area contributed by atoms with Crippen LogP contribution in [0.15, 0.2) is 45.9 Å². The molecule has 0 aliphatic carbocycles. The third kappa shape index (κ3) is 6.67. The third-order valence-corrected chi connectivity index (χ3v) is 1.74. The highest BCUT2D eigenvalue weighted by Gasteiger charge is 1.96. The quantitative estimate of drug-likeness (QED) is 0.446. The van der Waals surface area contributed by atoms with Gasteiger partial charge in [-0.15, -0.1) is 11.5 Å². The van der Waals surface area contributed by atoms with Crippen LogP contribution >= 0.6 is 0 Å². The van der Waals surface area contributed by atoms with E-state index in [2.05, 4.69) is 11.5 Å². The minimum atomic E-state index is -0.940. The Morgan fingerprint density at radius 2 is 1.38 bits per heavy atom. The van der Waals surface area contributed by atoms with E-state index < -0.39 is 5.97 Å². The highest BCUT2D eigenvalue weighted by atomic mass is 16.4. The fourth-order valence-corrected chi connectivity index (χ4v) is 1.08. The molecule has 0 rings (SSSR count). The summed E-state index contributed by atoms with van der Waals surface area (Å²) in [5, 5.41) is 8.67. The molecule has 0 atom stereocenters. The van der Waals surface area contributed by atoms with Crippen molar-refractivity contribution in [2.75, 3.05) is 0 Å². The molecule has 0 saturated carbocycles. The maximum absolute atomic E-state index is 10.6. The first kappa shape index (κ1) is 14.2. The van der Waals surface area contributed by atoms with E-state index in [4.69, 9.17) is 5.11 Å². The zero-order chi connectivity index (χ0) is 12.7. The molecule has 0 saturated heterocycles. The summed E-state index contributed by atoms with van der Waals surface area (Å²) in [4.78, 5) is 10.6. The highest BCUT2D eigenvalue weighted by Crippen LogP contribution is 2.01. The van der Waals surface area contributed by atoms with Gasteiger partial charge in [-0.25, -0.2) is 4.79 Å². The predicted octanol–water partition coefficient (Wildman–Crippen LogP) is 3.63. The molecule has 2 heteroatoms. The topological polar surface area (TPSA) is 37.3 Å². The molecule has 0 unspecified atom stereocenters. The Labute approximate surface area is 97.0 Å². The van der Waals surface area contributed by atoms with E-state index in [1.54, 1.807) is 0 Å². The Bertz CT molecular complexity index is 431. The lowest BCUT2D eigenvalue weighted by molar-refractivity contribution is -0.132. The molecule has 0 spiro atoms. The van der Waals surface area contributed by atoms with E-state index in [0.29, 0.717) is 0 Å². The van der Waals surface area contributed by atoms with Crippen LogP contribution in [0.4, 0.5) is 0 Å². The molecule has 0 radical (unpaired) electrons. The van der Waals surface area contributed by atoms with Gasteiger partial charge in [-0.2, -0.15) is 0 Å². The molecule has 16 heavy (non-hydrogen) atoms. The number of carboxylic acids is 1. The van der Waals surface area contributed by atoms with Crippen molar-refractivity contribution in [3.05, 3.63) is 45.9 Å². The maximum atomic E-state index is 10.6. The summed E-state index contributed by atoms with van der Waals surface area (Å²) in [7, 11) is 0. The first-order valence-electron chi connectivity index (χ1n) is 5.09. The number of carboxylic acid groups (broad SMARTS) is 1. The van der Waals surface area contributed by atoms with Crippen molar-refractivity contribution in [2.24, 2.45) is 0 Å². The smallest absolute Gasteiger partial charge is 0.339 e. The van der Waals surface area contributed by atoms with Crippen LogP contribution in [0, 0.1) is 0 Å². The standard InChI is InChI=1S/C14H18O2/c1-10(2)8-11(3)6-7-12(4)9-13(5)14(15)16/h6-7H,1-5H3,(H,15,16)/b7-6-. The maximum Gasteiger partial charge on any atom is 0.339 e. The number of rotatable bonds is 3. The average molecular weight is 218 g/mol. The fourth-order valence-electron chi connectivity index (χ4n) is 1.08. The fraction of sp³-hybridized carbons (Fsp3) is 0.357. The van der Waals surface area contributed by atoms with Crippen molar-refractivity contribution in [3.63, 3.8) is 0 Å². The number of hydrogen-bond acceptors (Lipinski definition) is 1. The Morgan fingerprint density at radius 1 is 0.938 bits per heavy atom. The Kier molecular flexibility index (Phi) is 5.95. The van der Waals surface area contributed by atoms with Crippen molar-refractivity contribution in [2.45, 2.75) is 34.6 Å². The van der Waals surface area contributed by atoms with Gasteiger partial charge in [0.25, 0.3) is 0 Å². The molecular formula is C14H18O2. The first-order chi connectivity index (χ1) is 7.32. The van der Waals surface area contributed by atoms with Gasteiger partial charge in [0.15, 0.2) is 0 Å². The molecule has 0 aliphatic heterocycles. The van der Waals surface area contributed by atoms with E-state index in [1.807, 2.05) is 39.8 Å². The SMILES string of the molecule is CC(C)=C=C(C)/C=C\C(C)=C=C(C)C(=O)O. The summed E-state index contributed by atoms with van der Waals surface area (Å²) in [6.45, 7) is 9.25. The van der Waals surface area contributed by atoms with Crippen LogP contribution < -0.4 is 0 Å². The Morgan fingerprint density at radius 3 is 1.75 bits per heavy atom. The number of allylic oxidation sites excluding steroid dienone is 3. The average Bonchev–Trinajstić information content (AvgIpc) is 2.13. The van der Waals surface area contributed by atoms with Crippen LogP contribution in [-0.2, 0) is 4.79 Å². The van der Waals surface area contributed by atoms with Crippen molar-refractivity contribution >= 4 is 5.97 Å². The third-order valence-electron chi connectivity index (χ3n) is 1.74. The lowest BCUT2D eigenvalue weighted by Crippen LogP contribution is -1.93. The van der Waals surface area contributed by atoms with Gasteiger partial charge < -0.3 is 5.11 Å². The van der Waals surface area contributed by atoms with Crippen molar-refractivity contribution in [1.29, 1.82) is 0 Å². The summed E-state index contributed by atoms with van der Waals surface area (Å²) in [5.41, 5.74) is 9.06. The molecule has 1 N–H and O–H groups in total. The Hall–Kier alpha value is -1.75. The largest absolute Gasteiger partial charge is 0.477 e. The molecule has 0 aromatic rings. The van der Waals surface area contributed by atoms with Gasteiger partial charge in [0.1, 0.15) is 0 Å². The molecule has 0 aromatic heterocycles. The van der Waals surface area contributed by atoms with Gasteiger partial charge in [0.2, 0.25) is 0 Å². The predicted molar refractivity (Wildman–Crippen MR) is 66.2 cm³/mol.